The molecule has 1 fully saturated rings. The van der Waals surface area contributed by atoms with Crippen molar-refractivity contribution < 1.29 is 9.18 Å². The minimum Gasteiger partial charge on any atom is -0.368 e. The normalized spacial score (nSPS) is 14.8. The van der Waals surface area contributed by atoms with E-state index in [-0.39, 0.29) is 18.1 Å². The lowest BCUT2D eigenvalue weighted by Crippen LogP contribution is -2.49. The maximum absolute atomic E-state index is 13.8. The van der Waals surface area contributed by atoms with Crippen LogP contribution in [0.15, 0.2) is 46.9 Å². The highest BCUT2D eigenvalue weighted by molar-refractivity contribution is 9.10. The number of hydrogen-bond donors (Lipinski definition) is 0. The van der Waals surface area contributed by atoms with Gasteiger partial charge in [-0.3, -0.25) is 4.79 Å². The van der Waals surface area contributed by atoms with E-state index in [0.29, 0.717) is 23.7 Å². The van der Waals surface area contributed by atoms with Gasteiger partial charge in [-0.25, -0.2) is 4.39 Å². The molecular formula is C18H17BrClFN2O. The second-order valence-corrected chi connectivity index (χ2v) is 7.11. The van der Waals surface area contributed by atoms with Crippen molar-refractivity contribution in [3.8, 4) is 0 Å². The van der Waals surface area contributed by atoms with Crippen LogP contribution in [0.3, 0.4) is 0 Å². The van der Waals surface area contributed by atoms with Crippen LogP contribution in [0.25, 0.3) is 0 Å². The van der Waals surface area contributed by atoms with Gasteiger partial charge < -0.3 is 9.80 Å². The Balaban J connectivity index is 1.60. The van der Waals surface area contributed by atoms with Crippen molar-refractivity contribution in [2.75, 3.05) is 31.1 Å². The Labute approximate surface area is 154 Å². The molecule has 0 N–H and O–H groups in total. The molecule has 126 valence electrons. The predicted octanol–water partition coefficient (Wildman–Crippen LogP) is 4.13. The zero-order valence-electron chi connectivity index (χ0n) is 13.0. The average molecular weight is 412 g/mol. The van der Waals surface area contributed by atoms with Crippen LogP contribution in [0.4, 0.5) is 10.1 Å². The molecule has 0 bridgehead atoms. The highest BCUT2D eigenvalue weighted by atomic mass is 79.9. The third kappa shape index (κ3) is 4.08. The van der Waals surface area contributed by atoms with Gasteiger partial charge in [0.25, 0.3) is 0 Å². The molecule has 2 aromatic carbocycles. The number of piperazine rings is 1. The van der Waals surface area contributed by atoms with Crippen LogP contribution in [0.2, 0.25) is 5.02 Å². The van der Waals surface area contributed by atoms with Gasteiger partial charge >= 0.3 is 0 Å². The van der Waals surface area contributed by atoms with Crippen LogP contribution in [0, 0.1) is 5.82 Å². The van der Waals surface area contributed by atoms with Gasteiger partial charge in [-0.2, -0.15) is 0 Å². The zero-order valence-corrected chi connectivity index (χ0v) is 15.4. The lowest BCUT2D eigenvalue weighted by molar-refractivity contribution is -0.130. The summed E-state index contributed by atoms with van der Waals surface area (Å²) in [4.78, 5) is 16.4. The molecule has 1 aliphatic heterocycles. The Bertz CT molecular complexity index is 748. The van der Waals surface area contributed by atoms with Crippen LogP contribution in [0.5, 0.6) is 0 Å². The maximum Gasteiger partial charge on any atom is 0.227 e. The van der Waals surface area contributed by atoms with Crippen LogP contribution in [0.1, 0.15) is 5.56 Å². The number of carbonyl (C=O) groups excluding carboxylic acids is 1. The summed E-state index contributed by atoms with van der Waals surface area (Å²) >= 11 is 9.34. The molecule has 3 nitrogen and oxygen atoms in total. The first kappa shape index (κ1) is 17.2. The number of rotatable bonds is 3. The van der Waals surface area contributed by atoms with Gasteiger partial charge in [-0.1, -0.05) is 33.6 Å². The fourth-order valence-electron chi connectivity index (χ4n) is 2.84. The molecule has 24 heavy (non-hydrogen) atoms. The summed E-state index contributed by atoms with van der Waals surface area (Å²) in [5.74, 6) is -0.387. The second kappa shape index (κ2) is 7.53. The van der Waals surface area contributed by atoms with E-state index in [1.807, 2.05) is 24.3 Å². The summed E-state index contributed by atoms with van der Waals surface area (Å²) in [7, 11) is 0. The fraction of sp³-hybridized carbons (Fsp3) is 0.278. The van der Waals surface area contributed by atoms with E-state index in [0.717, 1.165) is 23.2 Å². The first-order chi connectivity index (χ1) is 11.5. The summed E-state index contributed by atoms with van der Waals surface area (Å²) in [5, 5.41) is 0.705. The first-order valence-corrected chi connectivity index (χ1v) is 8.92. The molecular weight excluding hydrogens is 395 g/mol. The minimum atomic E-state index is -0.343. The largest absolute Gasteiger partial charge is 0.368 e. The van der Waals surface area contributed by atoms with Crippen LogP contribution < -0.4 is 4.90 Å². The average Bonchev–Trinajstić information content (AvgIpc) is 2.58. The number of amides is 1. The topological polar surface area (TPSA) is 23.6 Å². The summed E-state index contributed by atoms with van der Waals surface area (Å²) in [6, 6.07) is 12.4. The number of benzene rings is 2. The van der Waals surface area contributed by atoms with Crippen LogP contribution >= 0.6 is 27.5 Å². The van der Waals surface area contributed by atoms with E-state index in [4.69, 9.17) is 11.6 Å². The molecule has 0 saturated carbocycles. The Morgan fingerprint density at radius 1 is 1.12 bits per heavy atom. The molecule has 6 heteroatoms. The van der Waals surface area contributed by atoms with Gasteiger partial charge in [0.05, 0.1) is 6.42 Å². The minimum absolute atomic E-state index is 0.0438. The predicted molar refractivity (Wildman–Crippen MR) is 98.0 cm³/mol. The summed E-state index contributed by atoms with van der Waals surface area (Å²) in [5.41, 5.74) is 1.49. The second-order valence-electron chi connectivity index (χ2n) is 5.76. The zero-order chi connectivity index (χ0) is 17.1. The Hall–Kier alpha value is -1.59. The van der Waals surface area contributed by atoms with Gasteiger partial charge in [0, 0.05) is 41.4 Å². The molecule has 0 unspecified atom stereocenters. The Morgan fingerprint density at radius 2 is 1.88 bits per heavy atom. The van der Waals surface area contributed by atoms with Gasteiger partial charge in [0.1, 0.15) is 5.82 Å². The molecule has 0 spiro atoms. The van der Waals surface area contributed by atoms with Crippen molar-refractivity contribution in [1.29, 1.82) is 0 Å². The molecule has 0 radical (unpaired) electrons. The monoisotopic (exact) mass is 410 g/mol. The quantitative estimate of drug-likeness (QED) is 0.758. The lowest BCUT2D eigenvalue weighted by atomic mass is 10.1. The van der Waals surface area contributed by atoms with E-state index in [1.54, 1.807) is 17.0 Å². The van der Waals surface area contributed by atoms with Crippen molar-refractivity contribution in [1.82, 2.24) is 4.90 Å². The van der Waals surface area contributed by atoms with Gasteiger partial charge in [0.2, 0.25) is 5.91 Å². The van der Waals surface area contributed by atoms with Crippen molar-refractivity contribution in [3.05, 3.63) is 63.3 Å². The Kier molecular flexibility index (Phi) is 5.41. The smallest absolute Gasteiger partial charge is 0.227 e. The third-order valence-corrected chi connectivity index (χ3v) is 4.88. The third-order valence-electron chi connectivity index (χ3n) is 4.16. The van der Waals surface area contributed by atoms with E-state index >= 15 is 0 Å². The molecule has 0 aliphatic carbocycles. The van der Waals surface area contributed by atoms with Crippen molar-refractivity contribution in [2.45, 2.75) is 6.42 Å². The molecule has 1 amide bonds. The van der Waals surface area contributed by atoms with Crippen molar-refractivity contribution in [3.63, 3.8) is 0 Å². The van der Waals surface area contributed by atoms with Crippen LogP contribution in [-0.2, 0) is 11.2 Å². The van der Waals surface area contributed by atoms with Crippen molar-refractivity contribution >= 4 is 39.1 Å². The molecule has 0 atom stereocenters. The van der Waals surface area contributed by atoms with Gasteiger partial charge in [-0.15, -0.1) is 0 Å². The SMILES string of the molecule is O=C(Cc1cc(Br)ccc1F)N1CCN(c2cccc(Cl)c2)CC1. The van der Waals surface area contributed by atoms with E-state index in [9.17, 15) is 9.18 Å². The molecule has 0 aromatic heterocycles. The maximum atomic E-state index is 13.8. The lowest BCUT2D eigenvalue weighted by Gasteiger charge is -2.36. The number of hydrogen-bond acceptors (Lipinski definition) is 2. The fourth-order valence-corrected chi connectivity index (χ4v) is 3.43. The van der Waals surface area contributed by atoms with E-state index < -0.39 is 0 Å². The summed E-state index contributed by atoms with van der Waals surface area (Å²) in [6.45, 7) is 2.74. The highest BCUT2D eigenvalue weighted by Crippen LogP contribution is 2.21. The van der Waals surface area contributed by atoms with E-state index in [1.165, 1.54) is 6.07 Å². The molecule has 1 aliphatic rings. The highest BCUT2D eigenvalue weighted by Gasteiger charge is 2.22. The van der Waals surface area contributed by atoms with Crippen LogP contribution in [-0.4, -0.2) is 37.0 Å². The van der Waals surface area contributed by atoms with Gasteiger partial charge in [-0.05, 0) is 42.0 Å². The molecule has 1 heterocycles. The molecule has 3 rings (SSSR count). The number of anilines is 1. The summed E-state index contributed by atoms with van der Waals surface area (Å²) in [6.07, 6.45) is 0.0858. The summed E-state index contributed by atoms with van der Waals surface area (Å²) < 4.78 is 14.6. The number of carbonyl (C=O) groups is 1. The van der Waals surface area contributed by atoms with E-state index in [2.05, 4.69) is 20.8 Å². The van der Waals surface area contributed by atoms with Gasteiger partial charge in [0.15, 0.2) is 0 Å². The molecule has 2 aromatic rings. The standard InChI is InChI=1S/C18H17BrClFN2O/c19-14-4-5-17(21)13(10-14)11-18(24)23-8-6-22(7-9-23)16-3-1-2-15(20)12-16/h1-5,10,12H,6-9,11H2. The first-order valence-electron chi connectivity index (χ1n) is 7.75. The Morgan fingerprint density at radius 3 is 2.58 bits per heavy atom. The molecule has 1 saturated heterocycles. The number of halogens is 3. The van der Waals surface area contributed by atoms with Crippen molar-refractivity contribution in [2.24, 2.45) is 0 Å². The number of nitrogens with zero attached hydrogens (tertiary/aromatic N) is 2.